The van der Waals surface area contributed by atoms with E-state index in [4.69, 9.17) is 0 Å². The quantitative estimate of drug-likeness (QED) is 0.253. The van der Waals surface area contributed by atoms with Crippen molar-refractivity contribution in [1.82, 2.24) is 0 Å². The molecule has 0 nitrogen and oxygen atoms in total. The van der Waals surface area contributed by atoms with Crippen LogP contribution in [0, 0.1) is 5.92 Å². The molecule has 1 atom stereocenters. The van der Waals surface area contributed by atoms with Crippen molar-refractivity contribution in [1.29, 1.82) is 0 Å². The molecule has 3 aromatic carbocycles. The third-order valence-electron chi connectivity index (χ3n) is 10.0. The van der Waals surface area contributed by atoms with Gasteiger partial charge in [-0.05, 0) is 112 Å². The Bertz CT molecular complexity index is 1640. The van der Waals surface area contributed by atoms with Crippen LogP contribution in [0.3, 0.4) is 0 Å². The molecule has 0 fully saturated rings. The zero-order valence-corrected chi connectivity index (χ0v) is 29.8. The molecule has 224 valence electrons. The summed E-state index contributed by atoms with van der Waals surface area (Å²) in [5.74, 6) is 0.982. The highest BCUT2D eigenvalue weighted by Crippen LogP contribution is 2.43. The zero-order valence-electron chi connectivity index (χ0n) is 28.8. The number of fused-ring (bicyclic) bond motifs is 1. The Morgan fingerprint density at radius 2 is 1.51 bits per heavy atom. The molecule has 2 aliphatic rings. The fourth-order valence-electron chi connectivity index (χ4n) is 7.35. The largest absolute Gasteiger partial charge is 0.122 e. The van der Waals surface area contributed by atoms with Gasteiger partial charge in [-0.25, -0.2) is 0 Å². The molecule has 0 N–H and O–H groups in total. The maximum Gasteiger partial charge on any atom is 0.122 e. The summed E-state index contributed by atoms with van der Waals surface area (Å²) in [6.07, 6.45) is 6.76. The molecule has 3 aromatic rings. The van der Waals surface area contributed by atoms with Crippen LogP contribution in [0.15, 0.2) is 76.9 Å². The Hall–Kier alpha value is -2.90. The van der Waals surface area contributed by atoms with Crippen molar-refractivity contribution in [2.45, 2.75) is 113 Å². The lowest BCUT2D eigenvalue weighted by atomic mass is 9.73. The van der Waals surface area contributed by atoms with E-state index < -0.39 is 0 Å². The van der Waals surface area contributed by atoms with Crippen molar-refractivity contribution in [2.24, 2.45) is 5.92 Å². The monoisotopic (exact) mass is 584 g/mol. The standard InChI is InChI=1S/C42H52Si/c1-25(2)38-36(34-18-14-16-31-15-13-17-33(31)34)24-37(41(7,8)9)40(39(38)42(10,11)12)43-32-21-19-30(20-22-32)23-35-28(5)26(3)27(4)29(35)6/h13-14,16-22,24-25,28H,15,23H2,1-12H3. The van der Waals surface area contributed by atoms with E-state index in [0.717, 1.165) is 12.8 Å². The van der Waals surface area contributed by atoms with E-state index in [1.807, 2.05) is 0 Å². The van der Waals surface area contributed by atoms with Crippen LogP contribution in [0.4, 0.5) is 0 Å². The smallest absolute Gasteiger partial charge is 0.0795 e. The highest BCUT2D eigenvalue weighted by molar-refractivity contribution is 6.68. The minimum Gasteiger partial charge on any atom is -0.0795 e. The Morgan fingerprint density at radius 1 is 0.837 bits per heavy atom. The fraction of sp³-hybridized carbons (Fsp3) is 0.429. The summed E-state index contributed by atoms with van der Waals surface area (Å²) in [6.45, 7) is 28.5. The van der Waals surface area contributed by atoms with E-state index in [1.165, 1.54) is 60.9 Å². The molecule has 0 spiro atoms. The predicted molar refractivity (Wildman–Crippen MR) is 192 cm³/mol. The van der Waals surface area contributed by atoms with Gasteiger partial charge < -0.3 is 0 Å². The minimum absolute atomic E-state index is 0.0248. The van der Waals surface area contributed by atoms with Crippen molar-refractivity contribution in [2.75, 3.05) is 0 Å². The van der Waals surface area contributed by atoms with Gasteiger partial charge in [0.05, 0.1) is 0 Å². The van der Waals surface area contributed by atoms with Gasteiger partial charge in [-0.2, -0.15) is 0 Å². The average Bonchev–Trinajstić information content (AvgIpc) is 3.48. The van der Waals surface area contributed by atoms with Crippen molar-refractivity contribution in [3.63, 3.8) is 0 Å². The summed E-state index contributed by atoms with van der Waals surface area (Å²) in [5, 5.41) is 2.99. The van der Waals surface area contributed by atoms with Crippen LogP contribution in [0.1, 0.15) is 122 Å². The van der Waals surface area contributed by atoms with Crippen molar-refractivity contribution in [3.8, 4) is 11.1 Å². The van der Waals surface area contributed by atoms with Crippen LogP contribution in [0.2, 0.25) is 0 Å². The first-order valence-electron chi connectivity index (χ1n) is 16.3. The van der Waals surface area contributed by atoms with Crippen LogP contribution < -0.4 is 10.4 Å². The van der Waals surface area contributed by atoms with Crippen molar-refractivity contribution >= 4 is 26.0 Å². The molecule has 5 rings (SSSR count). The van der Waals surface area contributed by atoms with Gasteiger partial charge >= 0.3 is 0 Å². The molecule has 0 aromatic heterocycles. The molecule has 1 heteroatoms. The second-order valence-electron chi connectivity index (χ2n) is 15.5. The highest BCUT2D eigenvalue weighted by atomic mass is 28.2. The minimum atomic E-state index is 0.0248. The normalized spacial score (nSPS) is 17.1. The van der Waals surface area contributed by atoms with Gasteiger partial charge in [0.25, 0.3) is 0 Å². The molecule has 43 heavy (non-hydrogen) atoms. The van der Waals surface area contributed by atoms with Crippen molar-refractivity contribution < 1.29 is 0 Å². The molecule has 0 amide bonds. The van der Waals surface area contributed by atoms with E-state index in [2.05, 4.69) is 144 Å². The third kappa shape index (κ3) is 5.95. The Morgan fingerprint density at radius 3 is 2.07 bits per heavy atom. The lowest BCUT2D eigenvalue weighted by molar-refractivity contribution is 0.567. The lowest BCUT2D eigenvalue weighted by Crippen LogP contribution is -2.41. The summed E-state index contributed by atoms with van der Waals surface area (Å²) in [5.41, 5.74) is 17.9. The number of benzene rings is 3. The summed E-state index contributed by atoms with van der Waals surface area (Å²) < 4.78 is 0. The lowest BCUT2D eigenvalue weighted by Gasteiger charge is -2.36. The molecule has 0 aliphatic heterocycles. The van der Waals surface area contributed by atoms with Gasteiger partial charge in [0, 0.05) is 0 Å². The summed E-state index contributed by atoms with van der Waals surface area (Å²) in [6, 6.07) is 19.1. The van der Waals surface area contributed by atoms with Gasteiger partial charge in [0.2, 0.25) is 0 Å². The number of rotatable bonds is 6. The number of hydrogen-bond donors (Lipinski definition) is 0. The highest BCUT2D eigenvalue weighted by Gasteiger charge is 2.32. The zero-order chi connectivity index (χ0) is 31.4. The van der Waals surface area contributed by atoms with Crippen LogP contribution in [0.5, 0.6) is 0 Å². The van der Waals surface area contributed by atoms with E-state index in [-0.39, 0.29) is 10.8 Å². The average molecular weight is 585 g/mol. The molecule has 0 saturated carbocycles. The van der Waals surface area contributed by atoms with E-state index in [9.17, 15) is 0 Å². The third-order valence-corrected chi connectivity index (χ3v) is 11.4. The Kier molecular flexibility index (Phi) is 8.47. The van der Waals surface area contributed by atoms with Crippen LogP contribution in [0.25, 0.3) is 17.2 Å². The van der Waals surface area contributed by atoms with E-state index in [1.54, 1.807) is 16.3 Å². The summed E-state index contributed by atoms with van der Waals surface area (Å²) in [7, 11) is 0.625. The number of allylic oxidation sites excluding steroid dienone is 5. The summed E-state index contributed by atoms with van der Waals surface area (Å²) in [4.78, 5) is 0. The fourth-order valence-corrected chi connectivity index (χ4v) is 9.19. The Balaban J connectivity index is 1.63. The van der Waals surface area contributed by atoms with Gasteiger partial charge in [0.15, 0.2) is 0 Å². The Labute approximate surface area is 265 Å². The van der Waals surface area contributed by atoms with Gasteiger partial charge in [-0.1, -0.05) is 145 Å². The maximum absolute atomic E-state index is 2.58. The first kappa shape index (κ1) is 31.5. The van der Waals surface area contributed by atoms with Gasteiger partial charge in [0.1, 0.15) is 9.52 Å². The van der Waals surface area contributed by atoms with Crippen LogP contribution in [-0.4, -0.2) is 9.52 Å². The second-order valence-corrected chi connectivity index (χ2v) is 16.8. The van der Waals surface area contributed by atoms with E-state index in [0.29, 0.717) is 21.4 Å². The van der Waals surface area contributed by atoms with Crippen LogP contribution >= 0.6 is 0 Å². The van der Waals surface area contributed by atoms with Crippen molar-refractivity contribution in [3.05, 3.63) is 110 Å². The second kappa shape index (κ2) is 11.5. The molecule has 0 heterocycles. The van der Waals surface area contributed by atoms with Gasteiger partial charge in [-0.15, -0.1) is 0 Å². The SMILES string of the molecule is CC1=C(C)C(C)C(Cc2ccc([Si]c3c(C(C)(C)C)cc(-c4cccc5c4C=CC5)c(C(C)C)c3C(C)(C)C)cc2)=C1C. The molecule has 1 unspecified atom stereocenters. The predicted octanol–water partition coefficient (Wildman–Crippen LogP) is 10.1. The molecule has 2 aliphatic carbocycles. The first-order valence-corrected chi connectivity index (χ1v) is 17.3. The molecule has 0 saturated heterocycles. The van der Waals surface area contributed by atoms with E-state index >= 15 is 0 Å². The topological polar surface area (TPSA) is 0 Å². The molecule has 2 radical (unpaired) electrons. The van der Waals surface area contributed by atoms with Gasteiger partial charge in [-0.3, -0.25) is 0 Å². The number of hydrogen-bond acceptors (Lipinski definition) is 0. The summed E-state index contributed by atoms with van der Waals surface area (Å²) >= 11 is 0. The maximum atomic E-state index is 2.58. The van der Waals surface area contributed by atoms with Crippen LogP contribution in [-0.2, 0) is 23.7 Å². The molecular weight excluding hydrogens is 533 g/mol. The molecular formula is C42H52Si. The first-order chi connectivity index (χ1) is 20.1. The molecule has 0 bridgehead atoms.